The largest absolute Gasteiger partial charge is 0.507 e. The number of rotatable bonds is 19. The van der Waals surface area contributed by atoms with Crippen LogP contribution in [-0.2, 0) is 26.8 Å². The molecular weight excluding hydrogens is 468 g/mol. The Balaban J connectivity index is 2.68. The zero-order chi connectivity index (χ0) is 28.6. The number of benzene rings is 1. The summed E-state index contributed by atoms with van der Waals surface area (Å²) in [5, 5.41) is 11.0. The van der Waals surface area contributed by atoms with Crippen LogP contribution in [0.25, 0.3) is 0 Å². The maximum atomic E-state index is 12.9. The van der Waals surface area contributed by atoms with Crippen molar-refractivity contribution < 1.29 is 14.6 Å². The highest BCUT2D eigenvalue weighted by atomic mass is 16.5. The maximum Gasteiger partial charge on any atom is 0.306 e. The van der Waals surface area contributed by atoms with E-state index in [0.29, 0.717) is 18.6 Å². The average molecular weight is 531 g/mol. The van der Waals surface area contributed by atoms with Crippen LogP contribution in [0.2, 0.25) is 0 Å². The minimum atomic E-state index is -0.167. The highest BCUT2D eigenvalue weighted by molar-refractivity contribution is 5.70. The van der Waals surface area contributed by atoms with Crippen molar-refractivity contribution in [2.75, 3.05) is 0 Å². The van der Waals surface area contributed by atoms with Crippen LogP contribution in [0.4, 0.5) is 0 Å². The third-order valence-corrected chi connectivity index (χ3v) is 7.71. The molecule has 0 aliphatic heterocycles. The van der Waals surface area contributed by atoms with Gasteiger partial charge in [-0.25, -0.2) is 0 Å². The van der Waals surface area contributed by atoms with E-state index in [1.165, 1.54) is 70.6 Å². The van der Waals surface area contributed by atoms with Gasteiger partial charge >= 0.3 is 5.97 Å². The molecule has 0 saturated carbocycles. The number of unbranched alkanes of at least 4 members (excludes halogenated alkanes) is 11. The van der Waals surface area contributed by atoms with Crippen molar-refractivity contribution in [3.8, 4) is 5.75 Å². The predicted octanol–water partition coefficient (Wildman–Crippen LogP) is 10.7. The molecule has 1 unspecified atom stereocenters. The molecule has 0 saturated heterocycles. The lowest BCUT2D eigenvalue weighted by Gasteiger charge is -2.28. The lowest BCUT2D eigenvalue weighted by Crippen LogP contribution is -2.20. The van der Waals surface area contributed by atoms with Crippen LogP contribution < -0.4 is 0 Å². The van der Waals surface area contributed by atoms with Gasteiger partial charge in [-0.3, -0.25) is 4.79 Å². The average Bonchev–Trinajstić information content (AvgIpc) is 2.83. The Morgan fingerprint density at radius 1 is 0.711 bits per heavy atom. The molecule has 0 bridgehead atoms. The second-order valence-electron chi connectivity index (χ2n) is 13.6. The van der Waals surface area contributed by atoms with Crippen LogP contribution >= 0.6 is 0 Å². The number of phenols is 1. The van der Waals surface area contributed by atoms with Crippen molar-refractivity contribution in [2.24, 2.45) is 0 Å². The van der Waals surface area contributed by atoms with Gasteiger partial charge in [0, 0.05) is 6.42 Å². The third kappa shape index (κ3) is 14.0. The van der Waals surface area contributed by atoms with Crippen molar-refractivity contribution in [2.45, 2.75) is 181 Å². The van der Waals surface area contributed by atoms with Gasteiger partial charge in [0.1, 0.15) is 11.9 Å². The summed E-state index contributed by atoms with van der Waals surface area (Å²) >= 11 is 0. The normalized spacial score (nSPS) is 13.1. The number of hydrogen-bond donors (Lipinski definition) is 1. The number of phenolic OH excluding ortho intramolecular Hbond substituents is 1. The molecule has 0 aromatic heterocycles. The Morgan fingerprint density at radius 2 is 1.11 bits per heavy atom. The molecule has 0 aliphatic rings. The summed E-state index contributed by atoms with van der Waals surface area (Å²) in [6.45, 7) is 17.3. The molecule has 3 heteroatoms. The minimum Gasteiger partial charge on any atom is -0.507 e. The van der Waals surface area contributed by atoms with Crippen LogP contribution in [0.3, 0.4) is 0 Å². The van der Waals surface area contributed by atoms with E-state index < -0.39 is 0 Å². The standard InChI is InChI=1S/C35H62O3/c1-9-11-13-15-16-17-18-19-21-23-29(22-20-14-12-10-2)38-32(36)25-24-28-26-30(34(3,4)5)33(37)31(27-28)35(6,7)8/h26-27,29,37H,9-25H2,1-8H3. The first-order valence-electron chi connectivity index (χ1n) is 16.0. The van der Waals surface area contributed by atoms with E-state index in [1.54, 1.807) is 0 Å². The van der Waals surface area contributed by atoms with Crippen molar-refractivity contribution in [1.29, 1.82) is 0 Å². The summed E-state index contributed by atoms with van der Waals surface area (Å²) in [5.74, 6) is 0.313. The Morgan fingerprint density at radius 3 is 1.53 bits per heavy atom. The molecule has 0 spiro atoms. The molecule has 0 heterocycles. The van der Waals surface area contributed by atoms with E-state index in [0.717, 1.165) is 42.4 Å². The molecular formula is C35H62O3. The van der Waals surface area contributed by atoms with Crippen molar-refractivity contribution in [3.63, 3.8) is 0 Å². The summed E-state index contributed by atoms with van der Waals surface area (Å²) in [4.78, 5) is 12.9. The van der Waals surface area contributed by atoms with Gasteiger partial charge in [0.25, 0.3) is 0 Å². The van der Waals surface area contributed by atoms with Gasteiger partial charge in [-0.1, -0.05) is 138 Å². The molecule has 220 valence electrons. The fourth-order valence-electron chi connectivity index (χ4n) is 5.22. The van der Waals surface area contributed by atoms with Gasteiger partial charge < -0.3 is 9.84 Å². The van der Waals surface area contributed by atoms with E-state index in [1.807, 2.05) is 0 Å². The van der Waals surface area contributed by atoms with E-state index in [4.69, 9.17) is 4.74 Å². The second kappa shape index (κ2) is 18.0. The van der Waals surface area contributed by atoms with Crippen LogP contribution in [0, 0.1) is 0 Å². The van der Waals surface area contributed by atoms with Gasteiger partial charge in [-0.15, -0.1) is 0 Å². The Hall–Kier alpha value is -1.51. The van der Waals surface area contributed by atoms with Crippen molar-refractivity contribution in [1.82, 2.24) is 0 Å². The van der Waals surface area contributed by atoms with E-state index in [-0.39, 0.29) is 22.9 Å². The lowest BCUT2D eigenvalue weighted by molar-refractivity contribution is -0.149. The highest BCUT2D eigenvalue weighted by Gasteiger charge is 2.26. The first-order valence-corrected chi connectivity index (χ1v) is 16.0. The van der Waals surface area contributed by atoms with E-state index in [9.17, 15) is 9.90 Å². The third-order valence-electron chi connectivity index (χ3n) is 7.71. The first-order chi connectivity index (χ1) is 17.9. The topological polar surface area (TPSA) is 46.5 Å². The fraction of sp³-hybridized carbons (Fsp3) is 0.800. The molecule has 1 aromatic carbocycles. The predicted molar refractivity (Wildman–Crippen MR) is 164 cm³/mol. The number of ether oxygens (including phenoxy) is 1. The summed E-state index contributed by atoms with van der Waals surface area (Å²) < 4.78 is 6.05. The van der Waals surface area contributed by atoms with Crippen molar-refractivity contribution in [3.05, 3.63) is 28.8 Å². The number of carbonyl (C=O) groups is 1. The molecule has 38 heavy (non-hydrogen) atoms. The monoisotopic (exact) mass is 530 g/mol. The van der Waals surface area contributed by atoms with Gasteiger partial charge in [0.15, 0.2) is 0 Å². The molecule has 0 radical (unpaired) electrons. The minimum absolute atomic E-state index is 0.0546. The Bertz CT molecular complexity index is 746. The number of aromatic hydroxyl groups is 1. The second-order valence-corrected chi connectivity index (χ2v) is 13.6. The quantitative estimate of drug-likeness (QED) is 0.143. The molecule has 1 rings (SSSR count). The summed E-state index contributed by atoms with van der Waals surface area (Å²) in [7, 11) is 0. The van der Waals surface area contributed by atoms with E-state index >= 15 is 0 Å². The van der Waals surface area contributed by atoms with E-state index in [2.05, 4.69) is 67.5 Å². The number of aryl methyl sites for hydroxylation is 1. The van der Waals surface area contributed by atoms with Gasteiger partial charge in [-0.2, -0.15) is 0 Å². The zero-order valence-corrected chi connectivity index (χ0v) is 26.5. The summed E-state index contributed by atoms with van der Waals surface area (Å²) in [6, 6.07) is 4.17. The van der Waals surface area contributed by atoms with Crippen LogP contribution in [-0.4, -0.2) is 17.2 Å². The number of carbonyl (C=O) groups excluding carboxylic acids is 1. The molecule has 1 atom stereocenters. The van der Waals surface area contributed by atoms with Gasteiger partial charge in [0.2, 0.25) is 0 Å². The van der Waals surface area contributed by atoms with Crippen LogP contribution in [0.15, 0.2) is 12.1 Å². The lowest BCUT2D eigenvalue weighted by atomic mass is 9.78. The smallest absolute Gasteiger partial charge is 0.306 e. The molecule has 3 nitrogen and oxygen atoms in total. The Kier molecular flexibility index (Phi) is 16.3. The highest BCUT2D eigenvalue weighted by Crippen LogP contribution is 2.40. The van der Waals surface area contributed by atoms with Gasteiger partial charge in [-0.05, 0) is 59.6 Å². The maximum absolute atomic E-state index is 12.9. The fourth-order valence-corrected chi connectivity index (χ4v) is 5.22. The molecule has 0 aliphatic carbocycles. The molecule has 0 fully saturated rings. The van der Waals surface area contributed by atoms with Crippen LogP contribution in [0.5, 0.6) is 5.75 Å². The Labute approximate surface area is 236 Å². The number of esters is 1. The zero-order valence-electron chi connectivity index (χ0n) is 26.5. The van der Waals surface area contributed by atoms with Crippen LogP contribution in [0.1, 0.15) is 175 Å². The first kappa shape index (κ1) is 34.5. The summed E-state index contributed by atoms with van der Waals surface area (Å²) in [6.07, 6.45) is 19.8. The number of hydrogen-bond acceptors (Lipinski definition) is 3. The van der Waals surface area contributed by atoms with Gasteiger partial charge in [0.05, 0.1) is 0 Å². The van der Waals surface area contributed by atoms with Crippen molar-refractivity contribution >= 4 is 5.97 Å². The molecule has 0 amide bonds. The molecule has 1 aromatic rings. The SMILES string of the molecule is CCCCCCCCCCCC(CCCCCC)OC(=O)CCc1cc(C(C)(C)C)c(O)c(C(C)(C)C)c1. The summed E-state index contributed by atoms with van der Waals surface area (Å²) in [5.41, 5.74) is 2.67. The molecule has 1 N–H and O–H groups in total.